The lowest BCUT2D eigenvalue weighted by molar-refractivity contribution is -0.703. The molecule has 4 nitrogen and oxygen atoms in total. The van der Waals surface area contributed by atoms with Crippen molar-refractivity contribution < 1.29 is 20.5 Å². The molecule has 0 aromatic heterocycles. The predicted octanol–water partition coefficient (Wildman–Crippen LogP) is 1.97. The molecule has 0 radical (unpaired) electrons. The third-order valence-electron chi connectivity index (χ3n) is 8.51. The second-order valence-electron chi connectivity index (χ2n) is 10.7. The molecule has 3 rings (SSSR count). The number of hydrogen-bond acceptors (Lipinski definition) is 2. The third kappa shape index (κ3) is 3.59. The van der Waals surface area contributed by atoms with E-state index < -0.39 is 5.60 Å². The van der Waals surface area contributed by atoms with E-state index in [-0.39, 0.29) is 28.2 Å². The van der Waals surface area contributed by atoms with Gasteiger partial charge in [-0.05, 0) is 72.6 Å². The topological polar surface area (TPSA) is 62.7 Å². The number of quaternary nitrogens is 2. The van der Waals surface area contributed by atoms with E-state index in [4.69, 9.17) is 16.3 Å². The Morgan fingerprint density at radius 1 is 0.963 bits per heavy atom. The standard InChI is InChI=1S/C22H41ClN2O2/c1-19(2)16(23)10-13-22(5,27-19)15-8-11-20(3,25-7)14-9-12-21(4,26)18(24-6)17(14)15/h14-18,26H,6-13,24-25H2,1-5H3/t14-,15-,16-,17-,18+,20-,21+,22+/m0/s1. The van der Waals surface area contributed by atoms with Gasteiger partial charge in [0.05, 0.1) is 28.2 Å². The maximum absolute atomic E-state index is 11.2. The van der Waals surface area contributed by atoms with E-state index in [1.54, 1.807) is 0 Å². The Labute approximate surface area is 171 Å². The van der Waals surface area contributed by atoms with Crippen LogP contribution in [-0.2, 0) is 4.74 Å². The number of rotatable bonds is 3. The zero-order valence-corrected chi connectivity index (χ0v) is 18.7. The molecule has 2 aliphatic carbocycles. The van der Waals surface area contributed by atoms with Crippen LogP contribution >= 0.6 is 11.6 Å². The quantitative estimate of drug-likeness (QED) is 0.501. The molecule has 0 bridgehead atoms. The van der Waals surface area contributed by atoms with Crippen LogP contribution in [0.25, 0.3) is 0 Å². The van der Waals surface area contributed by atoms with E-state index >= 15 is 0 Å². The van der Waals surface area contributed by atoms with Gasteiger partial charge in [0.15, 0.2) is 0 Å². The Kier molecular flexibility index (Phi) is 5.76. The number of halogens is 1. The number of hydrogen-bond donors (Lipinski definition) is 3. The maximum atomic E-state index is 11.2. The highest BCUT2D eigenvalue weighted by Crippen LogP contribution is 2.55. The zero-order valence-electron chi connectivity index (χ0n) is 17.9. The summed E-state index contributed by atoms with van der Waals surface area (Å²) in [4.78, 5) is 0. The number of fused-ring (bicyclic) bond motifs is 1. The largest absolute Gasteiger partial charge is 0.474 e. The van der Waals surface area contributed by atoms with Crippen molar-refractivity contribution in [3.05, 3.63) is 14.1 Å². The Hall–Kier alpha value is 0.130. The van der Waals surface area contributed by atoms with Crippen molar-refractivity contribution >= 4 is 11.6 Å². The summed E-state index contributed by atoms with van der Waals surface area (Å²) in [5, 5.41) is 15.4. The summed E-state index contributed by atoms with van der Waals surface area (Å²) in [5.41, 5.74) is -1.12. The summed E-state index contributed by atoms with van der Waals surface area (Å²) >= 11 is 6.59. The number of aliphatic hydroxyl groups is 1. The molecule has 1 saturated heterocycles. The average Bonchev–Trinajstić information content (AvgIpc) is 2.57. The van der Waals surface area contributed by atoms with Gasteiger partial charge in [-0.2, -0.15) is 14.1 Å². The fourth-order valence-corrected chi connectivity index (χ4v) is 6.88. The first-order chi connectivity index (χ1) is 12.4. The van der Waals surface area contributed by atoms with Crippen molar-refractivity contribution in [1.82, 2.24) is 0 Å². The Morgan fingerprint density at radius 2 is 1.59 bits per heavy atom. The van der Waals surface area contributed by atoms with E-state index in [1.807, 2.05) is 12.2 Å². The Bertz CT molecular complexity index is 554. The molecule has 158 valence electrons. The van der Waals surface area contributed by atoms with Gasteiger partial charge in [0.1, 0.15) is 5.60 Å². The van der Waals surface area contributed by atoms with Crippen LogP contribution in [0.2, 0.25) is 0 Å². The van der Waals surface area contributed by atoms with Gasteiger partial charge < -0.3 is 20.5 Å². The second-order valence-corrected chi connectivity index (χ2v) is 11.2. The summed E-state index contributed by atoms with van der Waals surface area (Å²) in [6.45, 7) is 10.9. The highest BCUT2D eigenvalue weighted by Gasteiger charge is 2.62. The SMILES string of the molecule is [CH2-][NH2+][C@@H]1[C@@H]2[C@@H]([C@@]3(C)CC[C@H](Cl)C(C)(C)O3)CC[C@](C)([NH2+][CH2-])[C@H]2CC[C@@]1(C)O. The monoisotopic (exact) mass is 400 g/mol. The van der Waals surface area contributed by atoms with E-state index in [0.717, 1.165) is 38.5 Å². The zero-order chi connectivity index (χ0) is 20.3. The minimum atomic E-state index is -0.698. The summed E-state index contributed by atoms with van der Waals surface area (Å²) in [6, 6.07) is 0.0816. The molecule has 3 fully saturated rings. The van der Waals surface area contributed by atoms with Crippen molar-refractivity contribution in [3.63, 3.8) is 0 Å². The van der Waals surface area contributed by atoms with E-state index in [9.17, 15) is 5.11 Å². The van der Waals surface area contributed by atoms with Crippen molar-refractivity contribution in [2.75, 3.05) is 0 Å². The first-order valence-electron chi connectivity index (χ1n) is 10.7. The second kappa shape index (κ2) is 7.12. The normalized spacial score (nSPS) is 53.0. The molecule has 1 heterocycles. The molecule has 0 unspecified atom stereocenters. The third-order valence-corrected chi connectivity index (χ3v) is 9.26. The molecule has 5 heteroatoms. The van der Waals surface area contributed by atoms with Crippen LogP contribution < -0.4 is 10.6 Å². The fourth-order valence-electron chi connectivity index (χ4n) is 6.73. The van der Waals surface area contributed by atoms with Gasteiger partial charge in [0.25, 0.3) is 0 Å². The van der Waals surface area contributed by atoms with Crippen molar-refractivity contribution in [3.8, 4) is 0 Å². The summed E-state index contributed by atoms with van der Waals surface area (Å²) < 4.78 is 6.75. The molecule has 8 atom stereocenters. The summed E-state index contributed by atoms with van der Waals surface area (Å²) in [5.74, 6) is 1.26. The molecule has 1 aliphatic heterocycles. The van der Waals surface area contributed by atoms with Crippen molar-refractivity contribution in [1.29, 1.82) is 0 Å². The molecule has 5 N–H and O–H groups in total. The molecule has 0 amide bonds. The van der Waals surface area contributed by atoms with Gasteiger partial charge in [-0.1, -0.05) is 0 Å². The van der Waals surface area contributed by atoms with Crippen LogP contribution in [0.15, 0.2) is 0 Å². The van der Waals surface area contributed by atoms with Crippen LogP contribution in [0.1, 0.15) is 73.1 Å². The molecule has 27 heavy (non-hydrogen) atoms. The van der Waals surface area contributed by atoms with E-state index in [1.165, 1.54) is 0 Å². The fraction of sp³-hybridized carbons (Fsp3) is 0.909. The van der Waals surface area contributed by atoms with Gasteiger partial charge in [0.2, 0.25) is 0 Å². The first-order valence-corrected chi connectivity index (χ1v) is 11.2. The minimum Gasteiger partial charge on any atom is -0.474 e. The van der Waals surface area contributed by atoms with E-state index in [2.05, 4.69) is 47.1 Å². The molecule has 0 spiro atoms. The highest BCUT2D eigenvalue weighted by molar-refractivity contribution is 6.21. The summed E-state index contributed by atoms with van der Waals surface area (Å²) in [7, 11) is 8.33. The minimum absolute atomic E-state index is 0.0491. The lowest BCUT2D eigenvalue weighted by Gasteiger charge is -2.61. The molecule has 3 aliphatic rings. The number of ether oxygens (including phenoxy) is 1. The molecule has 0 aromatic rings. The molecule has 0 aromatic carbocycles. The maximum Gasteiger partial charge on any atom is 0.111 e. The molecular formula is C22H41ClN2O2. The van der Waals surface area contributed by atoms with E-state index in [0.29, 0.717) is 17.8 Å². The summed E-state index contributed by atoms with van der Waals surface area (Å²) in [6.07, 6.45) is 6.07. The van der Waals surface area contributed by atoms with Crippen LogP contribution in [0, 0.1) is 31.8 Å². The van der Waals surface area contributed by atoms with Crippen LogP contribution in [0.4, 0.5) is 0 Å². The Balaban J connectivity index is 2.00. The lowest BCUT2D eigenvalue weighted by Crippen LogP contribution is -2.98. The molecular weight excluding hydrogens is 360 g/mol. The van der Waals surface area contributed by atoms with Crippen LogP contribution in [0.3, 0.4) is 0 Å². The van der Waals surface area contributed by atoms with Gasteiger partial charge in [0, 0.05) is 18.3 Å². The van der Waals surface area contributed by atoms with Crippen LogP contribution in [-0.4, -0.2) is 38.9 Å². The average molecular weight is 401 g/mol. The van der Waals surface area contributed by atoms with Gasteiger partial charge in [-0.3, -0.25) is 0 Å². The predicted molar refractivity (Wildman–Crippen MR) is 109 cm³/mol. The number of alkyl halides is 1. The van der Waals surface area contributed by atoms with Crippen LogP contribution in [0.5, 0.6) is 0 Å². The highest BCUT2D eigenvalue weighted by atomic mass is 35.5. The lowest BCUT2D eigenvalue weighted by atomic mass is 9.50. The van der Waals surface area contributed by atoms with Gasteiger partial charge in [-0.25, -0.2) is 0 Å². The Morgan fingerprint density at radius 3 is 2.15 bits per heavy atom. The number of nitrogens with two attached hydrogens (primary N) is 2. The van der Waals surface area contributed by atoms with Crippen molar-refractivity contribution in [2.24, 2.45) is 17.8 Å². The smallest absolute Gasteiger partial charge is 0.111 e. The first kappa shape index (κ1) is 21.8. The van der Waals surface area contributed by atoms with Crippen molar-refractivity contribution in [2.45, 2.75) is 107 Å². The van der Waals surface area contributed by atoms with Gasteiger partial charge in [-0.15, -0.1) is 11.6 Å². The molecule has 2 saturated carbocycles. The van der Waals surface area contributed by atoms with Gasteiger partial charge >= 0.3 is 0 Å².